The van der Waals surface area contributed by atoms with Crippen molar-refractivity contribution in [3.05, 3.63) is 23.0 Å². The molecular formula is C11H15ClN2O3. The third-order valence-corrected chi connectivity index (χ3v) is 2.49. The molecule has 0 radical (unpaired) electrons. The topological polar surface area (TPSA) is 71.3 Å². The van der Waals surface area contributed by atoms with E-state index in [1.807, 2.05) is 6.92 Å². The SMILES string of the molecule is CCCn1cc(Cl)cc1C(=O)N[C@@H](C)C(=O)O. The van der Waals surface area contributed by atoms with Gasteiger partial charge in [-0.2, -0.15) is 0 Å². The third kappa shape index (κ3) is 3.49. The number of carbonyl (C=O) groups is 2. The molecule has 6 heteroatoms. The van der Waals surface area contributed by atoms with Gasteiger partial charge in [0.2, 0.25) is 0 Å². The van der Waals surface area contributed by atoms with Crippen LogP contribution in [0.5, 0.6) is 0 Å². The van der Waals surface area contributed by atoms with E-state index in [9.17, 15) is 9.59 Å². The van der Waals surface area contributed by atoms with Crippen molar-refractivity contribution in [2.24, 2.45) is 0 Å². The second-order valence-electron chi connectivity index (χ2n) is 3.77. The van der Waals surface area contributed by atoms with Gasteiger partial charge in [0.1, 0.15) is 11.7 Å². The van der Waals surface area contributed by atoms with E-state index >= 15 is 0 Å². The predicted molar refractivity (Wildman–Crippen MR) is 64.3 cm³/mol. The summed E-state index contributed by atoms with van der Waals surface area (Å²) in [6.07, 6.45) is 2.52. The molecule has 1 heterocycles. The number of amides is 1. The first-order valence-corrected chi connectivity index (χ1v) is 5.72. The predicted octanol–water partition coefficient (Wildman–Crippen LogP) is 1.75. The number of carboxylic acid groups (broad SMARTS) is 1. The summed E-state index contributed by atoms with van der Waals surface area (Å²) in [5, 5.41) is 11.6. The molecule has 0 fully saturated rings. The summed E-state index contributed by atoms with van der Waals surface area (Å²) in [5.74, 6) is -1.50. The molecule has 5 nitrogen and oxygen atoms in total. The molecule has 0 aromatic carbocycles. The molecule has 0 saturated heterocycles. The van der Waals surface area contributed by atoms with Gasteiger partial charge in [-0.05, 0) is 19.4 Å². The summed E-state index contributed by atoms with van der Waals surface area (Å²) in [7, 11) is 0. The number of carboxylic acids is 1. The lowest BCUT2D eigenvalue weighted by Gasteiger charge is -2.11. The maximum Gasteiger partial charge on any atom is 0.325 e. The van der Waals surface area contributed by atoms with Crippen LogP contribution in [-0.4, -0.2) is 27.6 Å². The Morgan fingerprint density at radius 2 is 2.24 bits per heavy atom. The van der Waals surface area contributed by atoms with Gasteiger partial charge in [0.15, 0.2) is 0 Å². The highest BCUT2D eigenvalue weighted by Gasteiger charge is 2.18. The van der Waals surface area contributed by atoms with Gasteiger partial charge in [-0.15, -0.1) is 0 Å². The van der Waals surface area contributed by atoms with Crippen LogP contribution in [-0.2, 0) is 11.3 Å². The van der Waals surface area contributed by atoms with Gasteiger partial charge in [-0.3, -0.25) is 9.59 Å². The number of nitrogens with one attached hydrogen (secondary N) is 1. The highest BCUT2D eigenvalue weighted by molar-refractivity contribution is 6.31. The molecule has 0 aliphatic heterocycles. The minimum absolute atomic E-state index is 0.380. The number of rotatable bonds is 5. The van der Waals surface area contributed by atoms with Crippen LogP contribution in [0, 0.1) is 0 Å². The number of aryl methyl sites for hydroxylation is 1. The number of aromatic nitrogens is 1. The molecule has 1 atom stereocenters. The fourth-order valence-electron chi connectivity index (χ4n) is 1.42. The molecule has 1 rings (SSSR count). The van der Waals surface area contributed by atoms with E-state index in [2.05, 4.69) is 5.32 Å². The van der Waals surface area contributed by atoms with Crippen molar-refractivity contribution in [2.75, 3.05) is 0 Å². The van der Waals surface area contributed by atoms with Crippen LogP contribution < -0.4 is 5.32 Å². The summed E-state index contributed by atoms with van der Waals surface area (Å²) < 4.78 is 1.71. The van der Waals surface area contributed by atoms with Crippen molar-refractivity contribution in [1.82, 2.24) is 9.88 Å². The van der Waals surface area contributed by atoms with Crippen LogP contribution in [0.1, 0.15) is 30.8 Å². The second kappa shape index (κ2) is 5.72. The second-order valence-corrected chi connectivity index (χ2v) is 4.21. The molecular weight excluding hydrogens is 244 g/mol. The Balaban J connectivity index is 2.84. The monoisotopic (exact) mass is 258 g/mol. The Morgan fingerprint density at radius 1 is 1.59 bits per heavy atom. The van der Waals surface area contributed by atoms with Gasteiger partial charge in [0, 0.05) is 12.7 Å². The van der Waals surface area contributed by atoms with E-state index in [0.717, 1.165) is 6.42 Å². The summed E-state index contributed by atoms with van der Waals surface area (Å²) in [4.78, 5) is 22.4. The molecule has 1 aromatic rings. The molecule has 0 spiro atoms. The van der Waals surface area contributed by atoms with Crippen molar-refractivity contribution in [2.45, 2.75) is 32.9 Å². The fourth-order valence-corrected chi connectivity index (χ4v) is 1.64. The molecule has 17 heavy (non-hydrogen) atoms. The summed E-state index contributed by atoms with van der Waals surface area (Å²) in [6.45, 7) is 4.06. The molecule has 0 aliphatic carbocycles. The molecule has 0 saturated carbocycles. The van der Waals surface area contributed by atoms with E-state index in [1.165, 1.54) is 13.0 Å². The average molecular weight is 259 g/mol. The van der Waals surface area contributed by atoms with Crippen LogP contribution in [0.4, 0.5) is 0 Å². The number of carbonyl (C=O) groups excluding carboxylic acids is 1. The van der Waals surface area contributed by atoms with Crippen LogP contribution >= 0.6 is 11.6 Å². The first kappa shape index (κ1) is 13.6. The summed E-state index contributed by atoms with van der Waals surface area (Å²) in [5.41, 5.74) is 0.380. The van der Waals surface area contributed by atoms with E-state index in [1.54, 1.807) is 10.8 Å². The van der Waals surface area contributed by atoms with Gasteiger partial charge in [-0.1, -0.05) is 18.5 Å². The zero-order valence-electron chi connectivity index (χ0n) is 9.74. The maximum absolute atomic E-state index is 11.8. The highest BCUT2D eigenvalue weighted by atomic mass is 35.5. The summed E-state index contributed by atoms with van der Waals surface area (Å²) in [6, 6.07) is 0.604. The molecule has 0 bridgehead atoms. The van der Waals surface area contributed by atoms with Gasteiger partial charge in [0.05, 0.1) is 5.02 Å². The van der Waals surface area contributed by atoms with Crippen LogP contribution in [0.3, 0.4) is 0 Å². The van der Waals surface area contributed by atoms with Crippen molar-refractivity contribution in [3.8, 4) is 0 Å². The maximum atomic E-state index is 11.8. The smallest absolute Gasteiger partial charge is 0.325 e. The first-order chi connectivity index (χ1) is 7.95. The van der Waals surface area contributed by atoms with E-state index in [0.29, 0.717) is 17.3 Å². The molecule has 1 amide bonds. The Labute approximate surface area is 104 Å². The molecule has 94 valence electrons. The molecule has 2 N–H and O–H groups in total. The van der Waals surface area contributed by atoms with Crippen LogP contribution in [0.2, 0.25) is 5.02 Å². The van der Waals surface area contributed by atoms with Gasteiger partial charge in [0.25, 0.3) is 5.91 Å². The quantitative estimate of drug-likeness (QED) is 0.845. The van der Waals surface area contributed by atoms with E-state index < -0.39 is 17.9 Å². The lowest BCUT2D eigenvalue weighted by molar-refractivity contribution is -0.138. The minimum Gasteiger partial charge on any atom is -0.480 e. The highest BCUT2D eigenvalue weighted by Crippen LogP contribution is 2.14. The lowest BCUT2D eigenvalue weighted by Crippen LogP contribution is -2.39. The standard InChI is InChI=1S/C11H15ClN2O3/c1-3-4-14-6-8(12)5-9(14)10(15)13-7(2)11(16)17/h5-7H,3-4H2,1-2H3,(H,13,15)(H,16,17)/t7-/m0/s1. The van der Waals surface area contributed by atoms with Crippen molar-refractivity contribution < 1.29 is 14.7 Å². The molecule has 0 unspecified atom stereocenters. The van der Waals surface area contributed by atoms with E-state index in [4.69, 9.17) is 16.7 Å². The number of hydrogen-bond donors (Lipinski definition) is 2. The number of halogens is 1. The largest absolute Gasteiger partial charge is 0.480 e. The third-order valence-electron chi connectivity index (χ3n) is 2.28. The Kier molecular flexibility index (Phi) is 4.57. The minimum atomic E-state index is -1.07. The molecule has 1 aromatic heterocycles. The van der Waals surface area contributed by atoms with Crippen molar-refractivity contribution in [1.29, 1.82) is 0 Å². The average Bonchev–Trinajstić information content (AvgIpc) is 2.60. The number of aliphatic carboxylic acids is 1. The zero-order valence-corrected chi connectivity index (χ0v) is 10.5. The van der Waals surface area contributed by atoms with Crippen molar-refractivity contribution >= 4 is 23.5 Å². The first-order valence-electron chi connectivity index (χ1n) is 5.35. The molecule has 0 aliphatic rings. The Hall–Kier alpha value is -1.49. The van der Waals surface area contributed by atoms with Crippen LogP contribution in [0.15, 0.2) is 12.3 Å². The lowest BCUT2D eigenvalue weighted by atomic mass is 10.3. The van der Waals surface area contributed by atoms with Crippen LogP contribution in [0.25, 0.3) is 0 Å². The van der Waals surface area contributed by atoms with Gasteiger partial charge in [-0.25, -0.2) is 0 Å². The summed E-state index contributed by atoms with van der Waals surface area (Å²) >= 11 is 5.83. The fraction of sp³-hybridized carbons (Fsp3) is 0.455. The normalized spacial score (nSPS) is 12.2. The van der Waals surface area contributed by atoms with E-state index in [-0.39, 0.29) is 0 Å². The Bertz CT molecular complexity index is 428. The zero-order chi connectivity index (χ0) is 13.0. The Morgan fingerprint density at radius 3 is 2.76 bits per heavy atom. The number of hydrogen-bond acceptors (Lipinski definition) is 2. The van der Waals surface area contributed by atoms with Crippen molar-refractivity contribution in [3.63, 3.8) is 0 Å². The van der Waals surface area contributed by atoms with Gasteiger partial charge < -0.3 is 15.0 Å². The number of nitrogens with zero attached hydrogens (tertiary/aromatic N) is 1. The van der Waals surface area contributed by atoms with Gasteiger partial charge >= 0.3 is 5.97 Å².